The van der Waals surface area contributed by atoms with Crippen LogP contribution in [0.1, 0.15) is 5.56 Å². The van der Waals surface area contributed by atoms with Gasteiger partial charge in [0, 0.05) is 11.8 Å². The largest absolute Gasteiger partial charge is 0.497 e. The minimum Gasteiger partial charge on any atom is -0.497 e. The predicted octanol–water partition coefficient (Wildman–Crippen LogP) is 4.01. The van der Waals surface area contributed by atoms with Gasteiger partial charge in [-0.3, -0.25) is 5.32 Å². The van der Waals surface area contributed by atoms with Crippen molar-refractivity contribution in [3.63, 3.8) is 0 Å². The van der Waals surface area contributed by atoms with Crippen LogP contribution in [0.4, 0.5) is 10.5 Å². The summed E-state index contributed by atoms with van der Waals surface area (Å²) in [6, 6.07) is 14.8. The van der Waals surface area contributed by atoms with Crippen LogP contribution in [-0.2, 0) is 11.3 Å². The Kier molecular flexibility index (Phi) is 6.06. The van der Waals surface area contributed by atoms with Gasteiger partial charge < -0.3 is 14.2 Å². The number of anilines is 1. The summed E-state index contributed by atoms with van der Waals surface area (Å²) in [4.78, 5) is 11.4. The molecule has 0 saturated carbocycles. The highest BCUT2D eigenvalue weighted by molar-refractivity contribution is 5.84. The molecule has 0 heterocycles. The van der Waals surface area contributed by atoms with E-state index in [1.54, 1.807) is 19.2 Å². The predicted molar refractivity (Wildman–Crippen MR) is 88.9 cm³/mol. The second-order valence-corrected chi connectivity index (χ2v) is 4.68. The molecule has 2 rings (SSSR count). The monoisotopic (exact) mass is 313 g/mol. The van der Waals surface area contributed by atoms with Gasteiger partial charge in [-0.2, -0.15) is 0 Å². The Morgan fingerprint density at radius 3 is 2.61 bits per heavy atom. The lowest BCUT2D eigenvalue weighted by Gasteiger charge is -2.09. The third-order valence-corrected chi connectivity index (χ3v) is 2.98. The van der Waals surface area contributed by atoms with Gasteiger partial charge in [0.15, 0.2) is 0 Å². The van der Waals surface area contributed by atoms with Crippen molar-refractivity contribution in [3.05, 3.63) is 66.7 Å². The third kappa shape index (κ3) is 5.39. The van der Waals surface area contributed by atoms with Gasteiger partial charge in [-0.1, -0.05) is 30.9 Å². The van der Waals surface area contributed by atoms with Crippen molar-refractivity contribution in [1.29, 1.82) is 0 Å². The number of amides is 1. The Morgan fingerprint density at radius 1 is 1.17 bits per heavy atom. The van der Waals surface area contributed by atoms with Gasteiger partial charge in [-0.15, -0.1) is 0 Å². The fourth-order valence-electron chi connectivity index (χ4n) is 1.83. The van der Waals surface area contributed by atoms with Gasteiger partial charge in [0.25, 0.3) is 0 Å². The molecule has 0 aliphatic rings. The first-order valence-corrected chi connectivity index (χ1v) is 7.11. The zero-order chi connectivity index (χ0) is 16.5. The lowest BCUT2D eigenvalue weighted by atomic mass is 10.2. The minimum absolute atomic E-state index is 0.179. The quantitative estimate of drug-likeness (QED) is 0.785. The maximum absolute atomic E-state index is 11.4. The Bertz CT molecular complexity index is 652. The third-order valence-electron chi connectivity index (χ3n) is 2.98. The van der Waals surface area contributed by atoms with E-state index < -0.39 is 6.09 Å². The number of hydrogen-bond donors (Lipinski definition) is 1. The maximum Gasteiger partial charge on any atom is 0.411 e. The maximum atomic E-state index is 11.4. The number of nitrogens with one attached hydrogen (secondary N) is 1. The zero-order valence-corrected chi connectivity index (χ0v) is 13.0. The summed E-state index contributed by atoms with van der Waals surface area (Å²) in [7, 11) is 1.62. The number of methoxy groups -OCH3 is 1. The molecule has 0 fully saturated rings. The molecule has 2 aromatic carbocycles. The first kappa shape index (κ1) is 16.4. The van der Waals surface area contributed by atoms with Crippen LogP contribution in [0.2, 0.25) is 0 Å². The van der Waals surface area contributed by atoms with Gasteiger partial charge in [0.2, 0.25) is 0 Å². The second kappa shape index (κ2) is 8.48. The molecule has 1 amide bonds. The molecule has 0 bridgehead atoms. The van der Waals surface area contributed by atoms with Crippen molar-refractivity contribution in [2.24, 2.45) is 0 Å². The van der Waals surface area contributed by atoms with Crippen molar-refractivity contribution in [2.75, 3.05) is 19.0 Å². The van der Waals surface area contributed by atoms with E-state index in [1.807, 2.05) is 36.4 Å². The Labute approximate surface area is 135 Å². The molecular formula is C18H19NO4. The standard InChI is InChI=1S/C18H19NO4/c1-3-11-22-18(20)19-15-9-7-14(8-10-15)13-23-17-6-4-5-16(12-17)21-2/h3-10,12H,1,11,13H2,2H3,(H,19,20). The summed E-state index contributed by atoms with van der Waals surface area (Å²) in [6.45, 7) is 4.08. The van der Waals surface area contributed by atoms with Crippen LogP contribution in [0.25, 0.3) is 0 Å². The molecule has 0 aromatic heterocycles. The highest BCUT2D eigenvalue weighted by Crippen LogP contribution is 2.20. The first-order chi connectivity index (χ1) is 11.2. The smallest absolute Gasteiger partial charge is 0.411 e. The molecule has 0 unspecified atom stereocenters. The van der Waals surface area contributed by atoms with Crippen LogP contribution < -0.4 is 14.8 Å². The zero-order valence-electron chi connectivity index (χ0n) is 13.0. The van der Waals surface area contributed by atoms with Crippen molar-refractivity contribution in [1.82, 2.24) is 0 Å². The van der Waals surface area contributed by atoms with E-state index >= 15 is 0 Å². The minimum atomic E-state index is -0.509. The van der Waals surface area contributed by atoms with Gasteiger partial charge in [-0.25, -0.2) is 4.79 Å². The Hall–Kier alpha value is -2.95. The molecule has 0 atom stereocenters. The van der Waals surface area contributed by atoms with E-state index in [9.17, 15) is 4.79 Å². The van der Waals surface area contributed by atoms with E-state index in [0.717, 1.165) is 17.1 Å². The molecule has 120 valence electrons. The van der Waals surface area contributed by atoms with Crippen LogP contribution in [0, 0.1) is 0 Å². The van der Waals surface area contributed by atoms with E-state index in [0.29, 0.717) is 12.3 Å². The van der Waals surface area contributed by atoms with Gasteiger partial charge >= 0.3 is 6.09 Å². The number of carbonyl (C=O) groups is 1. The van der Waals surface area contributed by atoms with Crippen LogP contribution in [0.5, 0.6) is 11.5 Å². The number of ether oxygens (including phenoxy) is 3. The van der Waals surface area contributed by atoms with E-state index in [4.69, 9.17) is 14.2 Å². The highest BCUT2D eigenvalue weighted by Gasteiger charge is 2.03. The lowest BCUT2D eigenvalue weighted by Crippen LogP contribution is -2.13. The Balaban J connectivity index is 1.87. The summed E-state index contributed by atoms with van der Waals surface area (Å²) in [5.74, 6) is 1.49. The summed E-state index contributed by atoms with van der Waals surface area (Å²) < 4.78 is 15.7. The second-order valence-electron chi connectivity index (χ2n) is 4.68. The lowest BCUT2D eigenvalue weighted by molar-refractivity contribution is 0.174. The molecular weight excluding hydrogens is 294 g/mol. The highest BCUT2D eigenvalue weighted by atomic mass is 16.5. The normalized spacial score (nSPS) is 9.78. The molecule has 0 saturated heterocycles. The van der Waals surface area contributed by atoms with Gasteiger partial charge in [0.1, 0.15) is 24.7 Å². The molecule has 5 heteroatoms. The van der Waals surface area contributed by atoms with E-state index in [1.165, 1.54) is 6.08 Å². The van der Waals surface area contributed by atoms with Crippen molar-refractivity contribution in [3.8, 4) is 11.5 Å². The summed E-state index contributed by atoms with van der Waals surface area (Å²) in [5, 5.41) is 2.63. The average Bonchev–Trinajstić information content (AvgIpc) is 2.59. The van der Waals surface area contributed by atoms with Crippen molar-refractivity contribution >= 4 is 11.8 Å². The van der Waals surface area contributed by atoms with Crippen molar-refractivity contribution in [2.45, 2.75) is 6.61 Å². The number of carbonyl (C=O) groups excluding carboxylic acids is 1. The number of rotatable bonds is 7. The summed E-state index contributed by atoms with van der Waals surface area (Å²) in [6.07, 6.45) is 1.00. The molecule has 0 radical (unpaired) electrons. The van der Waals surface area contributed by atoms with Crippen LogP contribution >= 0.6 is 0 Å². The summed E-state index contributed by atoms with van der Waals surface area (Å²) >= 11 is 0. The SMILES string of the molecule is C=CCOC(=O)Nc1ccc(COc2cccc(OC)c2)cc1. The number of hydrogen-bond acceptors (Lipinski definition) is 4. The fraction of sp³-hybridized carbons (Fsp3) is 0.167. The molecule has 0 spiro atoms. The topological polar surface area (TPSA) is 56.8 Å². The van der Waals surface area contributed by atoms with Crippen LogP contribution in [-0.4, -0.2) is 19.8 Å². The molecule has 23 heavy (non-hydrogen) atoms. The van der Waals surface area contributed by atoms with Crippen molar-refractivity contribution < 1.29 is 19.0 Å². The summed E-state index contributed by atoms with van der Waals surface area (Å²) in [5.41, 5.74) is 1.64. The molecule has 5 nitrogen and oxygen atoms in total. The van der Waals surface area contributed by atoms with E-state index in [-0.39, 0.29) is 6.61 Å². The van der Waals surface area contributed by atoms with Gasteiger partial charge in [0.05, 0.1) is 7.11 Å². The first-order valence-electron chi connectivity index (χ1n) is 7.11. The van der Waals surface area contributed by atoms with Crippen LogP contribution in [0.3, 0.4) is 0 Å². The molecule has 0 aliphatic carbocycles. The molecule has 1 N–H and O–H groups in total. The van der Waals surface area contributed by atoms with Crippen LogP contribution in [0.15, 0.2) is 61.2 Å². The number of benzene rings is 2. The fourth-order valence-corrected chi connectivity index (χ4v) is 1.83. The van der Waals surface area contributed by atoms with Gasteiger partial charge in [-0.05, 0) is 29.8 Å². The Morgan fingerprint density at radius 2 is 1.91 bits per heavy atom. The molecule has 0 aliphatic heterocycles. The van der Waals surface area contributed by atoms with E-state index in [2.05, 4.69) is 11.9 Å². The average molecular weight is 313 g/mol. The molecule has 2 aromatic rings.